The molecule has 0 saturated carbocycles. The van der Waals surface area contributed by atoms with E-state index in [1.165, 1.54) is 11.1 Å². The Morgan fingerprint density at radius 2 is 2.04 bits per heavy atom. The van der Waals surface area contributed by atoms with Crippen LogP contribution in [0, 0.1) is 0 Å². The van der Waals surface area contributed by atoms with Crippen molar-refractivity contribution in [1.29, 1.82) is 0 Å². The van der Waals surface area contributed by atoms with Crippen LogP contribution in [-0.2, 0) is 19.4 Å². The molecule has 4 rings (SSSR count). The second-order valence-corrected chi connectivity index (χ2v) is 7.17. The lowest BCUT2D eigenvalue weighted by molar-refractivity contribution is 0.256. The molecule has 1 aliphatic rings. The van der Waals surface area contributed by atoms with Gasteiger partial charge in [0.05, 0.1) is 10.9 Å². The van der Waals surface area contributed by atoms with Crippen LogP contribution in [0.5, 0.6) is 0 Å². The number of hydrogen-bond acceptors (Lipinski definition) is 3. The number of nitrogens with one attached hydrogen (secondary N) is 1. The van der Waals surface area contributed by atoms with Gasteiger partial charge in [-0.25, -0.2) is 4.98 Å². The average Bonchev–Trinajstić information content (AvgIpc) is 2.59. The standard InChI is InChI=1S/C19H17Cl2N3O/c20-13-9-12-11-24(7-5-14(12)16(21)10-13)8-6-18-22-17-4-2-1-3-15(17)19(25)23-18/h1-4,9-10H,5-8,11H2,(H,22,23,25). The number of para-hydroxylation sites is 1. The summed E-state index contributed by atoms with van der Waals surface area (Å²) in [6, 6.07) is 11.2. The van der Waals surface area contributed by atoms with Crippen LogP contribution in [0.1, 0.15) is 17.0 Å². The van der Waals surface area contributed by atoms with Crippen molar-refractivity contribution in [3.8, 4) is 0 Å². The Bertz CT molecular complexity index is 1000. The molecule has 4 nitrogen and oxygen atoms in total. The normalized spacial score (nSPS) is 14.6. The van der Waals surface area contributed by atoms with Crippen molar-refractivity contribution in [2.75, 3.05) is 13.1 Å². The second kappa shape index (κ2) is 6.79. The van der Waals surface area contributed by atoms with Gasteiger partial charge in [-0.2, -0.15) is 0 Å². The molecule has 25 heavy (non-hydrogen) atoms. The van der Waals surface area contributed by atoms with Crippen LogP contribution in [0.15, 0.2) is 41.2 Å². The highest BCUT2D eigenvalue weighted by molar-refractivity contribution is 6.35. The van der Waals surface area contributed by atoms with Gasteiger partial charge in [-0.15, -0.1) is 0 Å². The minimum atomic E-state index is -0.0804. The van der Waals surface area contributed by atoms with Gasteiger partial charge in [-0.05, 0) is 41.8 Å². The van der Waals surface area contributed by atoms with Gasteiger partial charge in [0.15, 0.2) is 0 Å². The first-order chi connectivity index (χ1) is 12.1. The maximum absolute atomic E-state index is 12.2. The van der Waals surface area contributed by atoms with E-state index in [0.717, 1.165) is 42.4 Å². The molecule has 0 amide bonds. The molecule has 6 heteroatoms. The van der Waals surface area contributed by atoms with Crippen molar-refractivity contribution in [3.05, 3.63) is 73.7 Å². The average molecular weight is 374 g/mol. The number of hydrogen-bond donors (Lipinski definition) is 1. The summed E-state index contributed by atoms with van der Waals surface area (Å²) in [5.41, 5.74) is 3.04. The molecule has 0 spiro atoms. The highest BCUT2D eigenvalue weighted by Crippen LogP contribution is 2.29. The molecular weight excluding hydrogens is 357 g/mol. The Labute approximate surface area is 155 Å². The molecule has 0 atom stereocenters. The highest BCUT2D eigenvalue weighted by Gasteiger charge is 2.19. The molecule has 0 bridgehead atoms. The minimum absolute atomic E-state index is 0.0804. The number of fused-ring (bicyclic) bond motifs is 2. The van der Waals surface area contributed by atoms with Crippen molar-refractivity contribution in [2.24, 2.45) is 0 Å². The fourth-order valence-corrected chi connectivity index (χ4v) is 4.01. The summed E-state index contributed by atoms with van der Waals surface area (Å²) >= 11 is 12.4. The number of benzene rings is 2. The van der Waals surface area contributed by atoms with Crippen molar-refractivity contribution < 1.29 is 0 Å². The number of H-pyrrole nitrogens is 1. The predicted octanol–water partition coefficient (Wildman–Crippen LogP) is 3.83. The lowest BCUT2D eigenvalue weighted by Crippen LogP contribution is -2.33. The zero-order valence-corrected chi connectivity index (χ0v) is 15.1. The zero-order valence-electron chi connectivity index (χ0n) is 13.6. The summed E-state index contributed by atoms with van der Waals surface area (Å²) in [4.78, 5) is 21.9. The van der Waals surface area contributed by atoms with Gasteiger partial charge >= 0.3 is 0 Å². The summed E-state index contributed by atoms with van der Waals surface area (Å²) in [6.07, 6.45) is 1.61. The van der Waals surface area contributed by atoms with E-state index in [1.807, 2.05) is 24.3 Å². The summed E-state index contributed by atoms with van der Waals surface area (Å²) in [5, 5.41) is 2.05. The Morgan fingerprint density at radius 1 is 1.20 bits per heavy atom. The molecule has 2 heterocycles. The van der Waals surface area contributed by atoms with E-state index in [4.69, 9.17) is 23.2 Å². The third-order valence-corrected chi connectivity index (χ3v) is 5.21. The molecule has 1 aliphatic heterocycles. The first-order valence-corrected chi connectivity index (χ1v) is 9.03. The number of rotatable bonds is 3. The molecule has 0 fully saturated rings. The molecule has 1 aromatic heterocycles. The van der Waals surface area contributed by atoms with Crippen LogP contribution < -0.4 is 5.56 Å². The maximum Gasteiger partial charge on any atom is 0.258 e. The van der Waals surface area contributed by atoms with E-state index < -0.39 is 0 Å². The molecular formula is C19H17Cl2N3O. The Kier molecular flexibility index (Phi) is 4.50. The van der Waals surface area contributed by atoms with Crippen LogP contribution in [0.4, 0.5) is 0 Å². The third-order valence-electron chi connectivity index (χ3n) is 4.65. The Balaban J connectivity index is 1.50. The fraction of sp³-hybridized carbons (Fsp3) is 0.263. The smallest absolute Gasteiger partial charge is 0.258 e. The van der Waals surface area contributed by atoms with E-state index in [-0.39, 0.29) is 5.56 Å². The lowest BCUT2D eigenvalue weighted by atomic mass is 9.99. The fourth-order valence-electron chi connectivity index (χ4n) is 3.38. The monoisotopic (exact) mass is 373 g/mol. The Morgan fingerprint density at radius 3 is 2.92 bits per heavy atom. The highest BCUT2D eigenvalue weighted by atomic mass is 35.5. The molecule has 1 N–H and O–H groups in total. The molecule has 2 aromatic carbocycles. The van der Waals surface area contributed by atoms with Gasteiger partial charge in [0.1, 0.15) is 5.82 Å². The molecule has 0 radical (unpaired) electrons. The van der Waals surface area contributed by atoms with Crippen LogP contribution in [0.25, 0.3) is 10.9 Å². The SMILES string of the molecule is O=c1[nH]c(CCN2CCc3c(Cl)cc(Cl)cc3C2)nc2ccccc12. The van der Waals surface area contributed by atoms with Crippen molar-refractivity contribution in [2.45, 2.75) is 19.4 Å². The van der Waals surface area contributed by atoms with Crippen molar-refractivity contribution >= 4 is 34.1 Å². The quantitative estimate of drug-likeness (QED) is 0.758. The van der Waals surface area contributed by atoms with Gasteiger partial charge in [0.25, 0.3) is 5.56 Å². The van der Waals surface area contributed by atoms with Gasteiger partial charge in [-0.1, -0.05) is 35.3 Å². The predicted molar refractivity (Wildman–Crippen MR) is 102 cm³/mol. The van der Waals surface area contributed by atoms with Gasteiger partial charge in [0, 0.05) is 36.1 Å². The van der Waals surface area contributed by atoms with Crippen molar-refractivity contribution in [1.82, 2.24) is 14.9 Å². The summed E-state index contributed by atoms with van der Waals surface area (Å²) < 4.78 is 0. The third kappa shape index (κ3) is 3.43. The van der Waals surface area contributed by atoms with Crippen LogP contribution in [0.3, 0.4) is 0 Å². The lowest BCUT2D eigenvalue weighted by Gasteiger charge is -2.29. The zero-order chi connectivity index (χ0) is 17.4. The van der Waals surface area contributed by atoms with Crippen molar-refractivity contribution in [3.63, 3.8) is 0 Å². The van der Waals surface area contributed by atoms with Gasteiger partial charge in [0.2, 0.25) is 0 Å². The van der Waals surface area contributed by atoms with E-state index in [9.17, 15) is 4.79 Å². The van der Waals surface area contributed by atoms with E-state index in [1.54, 1.807) is 12.1 Å². The second-order valence-electron chi connectivity index (χ2n) is 6.33. The van der Waals surface area contributed by atoms with E-state index >= 15 is 0 Å². The molecule has 0 unspecified atom stereocenters. The summed E-state index contributed by atoms with van der Waals surface area (Å²) in [7, 11) is 0. The van der Waals surface area contributed by atoms with E-state index in [2.05, 4.69) is 14.9 Å². The number of aromatic nitrogens is 2. The molecule has 3 aromatic rings. The van der Waals surface area contributed by atoms with Gasteiger partial charge < -0.3 is 4.98 Å². The first kappa shape index (κ1) is 16.6. The molecule has 0 aliphatic carbocycles. The maximum atomic E-state index is 12.2. The number of aromatic amines is 1. The topological polar surface area (TPSA) is 49.0 Å². The first-order valence-electron chi connectivity index (χ1n) is 8.27. The van der Waals surface area contributed by atoms with Crippen LogP contribution in [0.2, 0.25) is 10.0 Å². The Hall–Kier alpha value is -1.88. The van der Waals surface area contributed by atoms with Crippen LogP contribution >= 0.6 is 23.2 Å². The number of nitrogens with zero attached hydrogens (tertiary/aromatic N) is 2. The minimum Gasteiger partial charge on any atom is -0.310 e. The molecule has 0 saturated heterocycles. The summed E-state index contributed by atoms with van der Waals surface area (Å²) in [5.74, 6) is 0.721. The van der Waals surface area contributed by atoms with Gasteiger partial charge in [-0.3, -0.25) is 9.69 Å². The largest absolute Gasteiger partial charge is 0.310 e. The van der Waals surface area contributed by atoms with Crippen LogP contribution in [-0.4, -0.2) is 28.0 Å². The summed E-state index contributed by atoms with van der Waals surface area (Å²) in [6.45, 7) is 2.57. The van der Waals surface area contributed by atoms with E-state index in [0.29, 0.717) is 16.8 Å². The molecule has 128 valence electrons. The number of halogens is 2.